The maximum absolute atomic E-state index is 8.44. The molecule has 12 heavy (non-hydrogen) atoms. The van der Waals surface area contributed by atoms with Crippen molar-refractivity contribution in [2.45, 2.75) is 6.92 Å². The number of carbonyl (C=O) groups is 1. The summed E-state index contributed by atoms with van der Waals surface area (Å²) in [4.78, 5) is 8.44. The number of hydrogen-bond donors (Lipinski definition) is 1. The van der Waals surface area contributed by atoms with E-state index < -0.39 is 6.16 Å². The Kier molecular flexibility index (Phi) is 10.0. The molecule has 3 nitrogen and oxygen atoms in total. The Morgan fingerprint density at radius 2 is 1.67 bits per heavy atom. The summed E-state index contributed by atoms with van der Waals surface area (Å²) >= 11 is 0. The van der Waals surface area contributed by atoms with Gasteiger partial charge in [-0.15, -0.1) is 0 Å². The minimum absolute atomic E-state index is 0. The minimum atomic E-state index is -2.08. The fraction of sp³-hybridized carbons (Fsp3) is 0.125. The Balaban J connectivity index is 0. The molecule has 0 unspecified atom stereocenters. The first kappa shape index (κ1) is 14.0. The fourth-order valence-corrected chi connectivity index (χ4v) is 0.534. The Morgan fingerprint density at radius 3 is 1.83 bits per heavy atom. The number of aryl methyl sites for hydroxylation is 1. The summed E-state index contributed by atoms with van der Waals surface area (Å²) in [6.07, 6.45) is -2.08. The zero-order valence-electron chi connectivity index (χ0n) is 7.15. The van der Waals surface area contributed by atoms with Crippen LogP contribution in [0.4, 0.5) is 4.79 Å². The van der Waals surface area contributed by atoms with Gasteiger partial charge in [-0.25, -0.2) is 0 Å². The molecule has 0 saturated carbocycles. The van der Waals surface area contributed by atoms with Crippen LogP contribution in [-0.2, 0) is 0 Å². The molecule has 60 valence electrons. The molecule has 1 aromatic rings. The van der Waals surface area contributed by atoms with Gasteiger partial charge in [-0.3, -0.25) is 0 Å². The van der Waals surface area contributed by atoms with Gasteiger partial charge in [-0.05, 0) is 6.92 Å². The molecule has 1 N–H and O–H groups in total. The molecule has 1 rings (SSSR count). The molecule has 0 aromatic heterocycles. The van der Waals surface area contributed by atoms with Crippen LogP contribution < -0.4 is 34.7 Å². The normalized spacial score (nSPS) is 7.08. The second kappa shape index (κ2) is 8.59. The Hall–Kier alpha value is -0.510. The average Bonchev–Trinajstić information content (AvgIpc) is 1.87. The topological polar surface area (TPSA) is 60.4 Å². The SMILES string of the molecule is Cc1ccccc1.O=C([O-])O.[Na+]. The van der Waals surface area contributed by atoms with Gasteiger partial charge in [-0.2, -0.15) is 0 Å². The van der Waals surface area contributed by atoms with E-state index in [0.717, 1.165) is 0 Å². The number of rotatable bonds is 0. The molecule has 0 heterocycles. The molecule has 0 fully saturated rings. The number of carboxylic acid groups (broad SMARTS) is 2. The van der Waals surface area contributed by atoms with E-state index in [1.54, 1.807) is 0 Å². The summed E-state index contributed by atoms with van der Waals surface area (Å²) < 4.78 is 0. The zero-order chi connectivity index (χ0) is 8.69. The molecular weight excluding hydrogens is 167 g/mol. The molecule has 0 aliphatic heterocycles. The van der Waals surface area contributed by atoms with Gasteiger partial charge >= 0.3 is 29.6 Å². The van der Waals surface area contributed by atoms with Crippen LogP contribution in [0.15, 0.2) is 30.3 Å². The van der Waals surface area contributed by atoms with Crippen LogP contribution >= 0.6 is 0 Å². The number of benzene rings is 1. The van der Waals surface area contributed by atoms with Gasteiger partial charge in [0.05, 0.1) is 0 Å². The van der Waals surface area contributed by atoms with E-state index in [0.29, 0.717) is 0 Å². The zero-order valence-corrected chi connectivity index (χ0v) is 9.15. The summed E-state index contributed by atoms with van der Waals surface area (Å²) in [5.41, 5.74) is 1.32. The van der Waals surface area contributed by atoms with Crippen LogP contribution in [0.1, 0.15) is 5.56 Å². The monoisotopic (exact) mass is 176 g/mol. The molecule has 0 aliphatic rings. The van der Waals surface area contributed by atoms with E-state index in [9.17, 15) is 0 Å². The van der Waals surface area contributed by atoms with E-state index in [1.807, 2.05) is 18.2 Å². The van der Waals surface area contributed by atoms with Gasteiger partial charge < -0.3 is 15.0 Å². The molecule has 4 heteroatoms. The van der Waals surface area contributed by atoms with Crippen molar-refractivity contribution in [3.8, 4) is 0 Å². The Labute approximate surface area is 93.3 Å². The van der Waals surface area contributed by atoms with E-state index in [-0.39, 0.29) is 29.6 Å². The number of hydrogen-bond acceptors (Lipinski definition) is 2. The second-order valence-electron chi connectivity index (χ2n) is 1.92. The van der Waals surface area contributed by atoms with Crippen LogP contribution in [0, 0.1) is 6.92 Å². The van der Waals surface area contributed by atoms with E-state index in [1.165, 1.54) is 5.56 Å². The largest absolute Gasteiger partial charge is 1.00 e. The van der Waals surface area contributed by atoms with Gasteiger partial charge in [0.15, 0.2) is 0 Å². The minimum Gasteiger partial charge on any atom is -0.565 e. The summed E-state index contributed by atoms with van der Waals surface area (Å²) in [7, 11) is 0. The Morgan fingerprint density at radius 1 is 1.33 bits per heavy atom. The van der Waals surface area contributed by atoms with Gasteiger partial charge in [0.1, 0.15) is 0 Å². The molecule has 0 aliphatic carbocycles. The van der Waals surface area contributed by atoms with Crippen LogP contribution in [0.3, 0.4) is 0 Å². The third-order valence-corrected chi connectivity index (χ3v) is 0.940. The first-order valence-corrected chi connectivity index (χ1v) is 3.04. The smallest absolute Gasteiger partial charge is 0.565 e. The van der Waals surface area contributed by atoms with Gasteiger partial charge in [0, 0.05) is 0 Å². The predicted molar refractivity (Wildman–Crippen MR) is 39.2 cm³/mol. The predicted octanol–water partition coefficient (Wildman–Crippen LogP) is -2.11. The molecule has 0 radical (unpaired) electrons. The average molecular weight is 176 g/mol. The summed E-state index contributed by atoms with van der Waals surface area (Å²) in [6, 6.07) is 10.3. The Bertz CT molecular complexity index is 207. The fourth-order valence-electron chi connectivity index (χ4n) is 0.534. The van der Waals surface area contributed by atoms with E-state index in [2.05, 4.69) is 19.1 Å². The van der Waals surface area contributed by atoms with Gasteiger partial charge in [0.25, 0.3) is 0 Å². The van der Waals surface area contributed by atoms with Gasteiger partial charge in [0.2, 0.25) is 6.16 Å². The van der Waals surface area contributed by atoms with Crippen LogP contribution in [0.5, 0.6) is 0 Å². The van der Waals surface area contributed by atoms with Crippen molar-refractivity contribution in [3.05, 3.63) is 35.9 Å². The quantitative estimate of drug-likeness (QED) is 0.460. The summed E-state index contributed by atoms with van der Waals surface area (Å²) in [6.45, 7) is 2.08. The molecule has 0 saturated heterocycles. The van der Waals surface area contributed by atoms with Crippen molar-refractivity contribution in [1.82, 2.24) is 0 Å². The second-order valence-corrected chi connectivity index (χ2v) is 1.92. The van der Waals surface area contributed by atoms with E-state index in [4.69, 9.17) is 15.0 Å². The molecule has 0 atom stereocenters. The van der Waals surface area contributed by atoms with E-state index >= 15 is 0 Å². The first-order chi connectivity index (χ1) is 5.13. The molecule has 0 amide bonds. The van der Waals surface area contributed by atoms with Crippen molar-refractivity contribution in [2.75, 3.05) is 0 Å². The molecule has 0 bridgehead atoms. The van der Waals surface area contributed by atoms with Crippen molar-refractivity contribution >= 4 is 6.16 Å². The third-order valence-electron chi connectivity index (χ3n) is 0.940. The van der Waals surface area contributed by atoms with Crippen molar-refractivity contribution in [3.63, 3.8) is 0 Å². The standard InChI is InChI=1S/C7H8.CH2O3.Na/c1-7-5-3-2-4-6-7;2-1(3)4;/h2-6H,1H3;(H2,2,3,4);/q;;+1/p-1. The van der Waals surface area contributed by atoms with Crippen LogP contribution in [0.2, 0.25) is 0 Å². The first-order valence-electron chi connectivity index (χ1n) is 3.04. The molecular formula is C8H9NaO3. The maximum Gasteiger partial charge on any atom is 1.00 e. The summed E-state index contributed by atoms with van der Waals surface area (Å²) in [5.74, 6) is 0. The summed E-state index contributed by atoms with van der Waals surface area (Å²) in [5, 5.41) is 15.3. The van der Waals surface area contributed by atoms with Crippen LogP contribution in [-0.4, -0.2) is 11.3 Å². The third kappa shape index (κ3) is 12.2. The van der Waals surface area contributed by atoms with Crippen molar-refractivity contribution in [2.24, 2.45) is 0 Å². The van der Waals surface area contributed by atoms with Gasteiger partial charge in [-0.1, -0.05) is 35.9 Å². The van der Waals surface area contributed by atoms with Crippen LogP contribution in [0.25, 0.3) is 0 Å². The maximum atomic E-state index is 8.44. The van der Waals surface area contributed by atoms with Crippen molar-refractivity contribution in [1.29, 1.82) is 0 Å². The molecule has 1 aromatic carbocycles. The molecule has 0 spiro atoms. The van der Waals surface area contributed by atoms with Crippen molar-refractivity contribution < 1.29 is 44.6 Å².